The van der Waals surface area contributed by atoms with Crippen LogP contribution in [0.2, 0.25) is 12.1 Å². The highest BCUT2D eigenvalue weighted by molar-refractivity contribution is 6.27. The first kappa shape index (κ1) is 20.3. The number of nitrogens with two attached hydrogens (primary N) is 2. The standard InChI is InChI=1S/C14H36N2O2Si2/c1-12(2)17-19-9-5-7-14(16,11-15)8-6-10-20-18-13(3)4/h12-13H,5-11,15-16,19-20H2,1-4H3. The zero-order valence-corrected chi connectivity index (χ0v) is 16.8. The molecule has 0 bridgehead atoms. The van der Waals surface area contributed by atoms with Crippen LogP contribution < -0.4 is 11.5 Å². The van der Waals surface area contributed by atoms with Gasteiger partial charge in [-0.15, -0.1) is 0 Å². The Balaban J connectivity index is 3.67. The summed E-state index contributed by atoms with van der Waals surface area (Å²) in [5.74, 6) is 0. The quantitative estimate of drug-likeness (QED) is 0.393. The maximum Gasteiger partial charge on any atom is 0.161 e. The normalized spacial score (nSPS) is 16.2. The van der Waals surface area contributed by atoms with E-state index in [1.54, 1.807) is 0 Å². The van der Waals surface area contributed by atoms with Gasteiger partial charge >= 0.3 is 0 Å². The molecule has 0 radical (unpaired) electrons. The molecule has 6 heteroatoms. The molecule has 0 amide bonds. The van der Waals surface area contributed by atoms with Crippen molar-refractivity contribution in [1.29, 1.82) is 0 Å². The van der Waals surface area contributed by atoms with E-state index in [0.29, 0.717) is 18.8 Å². The third-order valence-electron chi connectivity index (χ3n) is 3.45. The van der Waals surface area contributed by atoms with Crippen molar-refractivity contribution in [1.82, 2.24) is 0 Å². The molecule has 0 fully saturated rings. The molecule has 0 atom stereocenters. The molecule has 0 heterocycles. The van der Waals surface area contributed by atoms with E-state index < -0.39 is 0 Å². The Morgan fingerprint density at radius 2 is 1.30 bits per heavy atom. The van der Waals surface area contributed by atoms with Gasteiger partial charge < -0.3 is 20.3 Å². The summed E-state index contributed by atoms with van der Waals surface area (Å²) in [7, 11) is -0.717. The fourth-order valence-electron chi connectivity index (χ4n) is 2.13. The molecule has 0 rings (SSSR count). The zero-order chi connectivity index (χ0) is 15.4. The summed E-state index contributed by atoms with van der Waals surface area (Å²) in [5, 5.41) is 0. The molecule has 0 aromatic rings. The molecule has 0 aliphatic heterocycles. The van der Waals surface area contributed by atoms with Gasteiger partial charge in [-0.05, 0) is 52.6 Å². The summed E-state index contributed by atoms with van der Waals surface area (Å²) in [4.78, 5) is 0. The second-order valence-corrected chi connectivity index (χ2v) is 9.22. The van der Waals surface area contributed by atoms with Crippen molar-refractivity contribution < 1.29 is 8.85 Å². The van der Waals surface area contributed by atoms with Crippen molar-refractivity contribution in [3.8, 4) is 0 Å². The first-order chi connectivity index (χ1) is 9.39. The van der Waals surface area contributed by atoms with Gasteiger partial charge in [0.25, 0.3) is 0 Å². The Bertz CT molecular complexity index is 211. The minimum atomic E-state index is -0.359. The molecule has 0 aliphatic rings. The zero-order valence-electron chi connectivity index (χ0n) is 14.0. The van der Waals surface area contributed by atoms with Gasteiger partial charge in [0.05, 0.1) is 0 Å². The Hall–Kier alpha value is 0.274. The van der Waals surface area contributed by atoms with Crippen molar-refractivity contribution in [3.63, 3.8) is 0 Å². The lowest BCUT2D eigenvalue weighted by molar-refractivity contribution is 0.253. The lowest BCUT2D eigenvalue weighted by atomic mass is 9.90. The molecule has 20 heavy (non-hydrogen) atoms. The number of rotatable bonds is 13. The highest BCUT2D eigenvalue weighted by Crippen LogP contribution is 2.18. The summed E-state index contributed by atoms with van der Waals surface area (Å²) >= 11 is 0. The summed E-state index contributed by atoms with van der Waals surface area (Å²) < 4.78 is 11.4. The molecule has 4 nitrogen and oxygen atoms in total. The van der Waals surface area contributed by atoms with E-state index in [-0.39, 0.29) is 25.1 Å². The van der Waals surface area contributed by atoms with Gasteiger partial charge in [0.15, 0.2) is 19.5 Å². The predicted octanol–water partition coefficient (Wildman–Crippen LogP) is 1.06. The Kier molecular flexibility index (Phi) is 12.0. The van der Waals surface area contributed by atoms with Crippen LogP contribution in [0.25, 0.3) is 0 Å². The maximum absolute atomic E-state index is 6.41. The second kappa shape index (κ2) is 11.9. The van der Waals surface area contributed by atoms with Crippen molar-refractivity contribution >= 4 is 19.5 Å². The van der Waals surface area contributed by atoms with E-state index in [1.165, 1.54) is 12.1 Å². The highest BCUT2D eigenvalue weighted by atomic mass is 28.2. The molecule has 0 saturated heterocycles. The van der Waals surface area contributed by atoms with Gasteiger partial charge in [-0.25, -0.2) is 0 Å². The molecular weight excluding hydrogens is 284 g/mol. The van der Waals surface area contributed by atoms with Crippen LogP contribution in [-0.2, 0) is 8.85 Å². The third-order valence-corrected chi connectivity index (χ3v) is 6.83. The first-order valence-corrected chi connectivity index (χ1v) is 11.3. The first-order valence-electron chi connectivity index (χ1n) is 8.12. The summed E-state index contributed by atoms with van der Waals surface area (Å²) in [6.45, 7) is 8.99. The van der Waals surface area contributed by atoms with E-state index in [0.717, 1.165) is 25.7 Å². The molecule has 0 aliphatic carbocycles. The van der Waals surface area contributed by atoms with Crippen LogP contribution in [0.5, 0.6) is 0 Å². The Morgan fingerprint density at radius 3 is 1.60 bits per heavy atom. The molecule has 122 valence electrons. The topological polar surface area (TPSA) is 70.5 Å². The average molecular weight is 321 g/mol. The van der Waals surface area contributed by atoms with Crippen molar-refractivity contribution in [2.45, 2.75) is 83.2 Å². The largest absolute Gasteiger partial charge is 0.422 e. The summed E-state index contributed by atoms with van der Waals surface area (Å²) in [5.41, 5.74) is 12.1. The van der Waals surface area contributed by atoms with E-state index >= 15 is 0 Å². The maximum atomic E-state index is 6.41. The summed E-state index contributed by atoms with van der Waals surface area (Å²) in [6, 6.07) is 2.42. The van der Waals surface area contributed by atoms with E-state index in [4.69, 9.17) is 20.3 Å². The Labute approximate surface area is 130 Å². The minimum absolute atomic E-state index is 0.168. The van der Waals surface area contributed by atoms with E-state index in [2.05, 4.69) is 27.7 Å². The van der Waals surface area contributed by atoms with Crippen LogP contribution in [0.15, 0.2) is 0 Å². The molecule has 0 aromatic heterocycles. The number of hydrogen-bond donors (Lipinski definition) is 2. The van der Waals surface area contributed by atoms with Crippen LogP contribution in [0.4, 0.5) is 0 Å². The van der Waals surface area contributed by atoms with Crippen LogP contribution in [0.3, 0.4) is 0 Å². The van der Waals surface area contributed by atoms with Gasteiger partial charge in [0, 0.05) is 24.3 Å². The monoisotopic (exact) mass is 320 g/mol. The molecule has 0 spiro atoms. The SMILES string of the molecule is CC(C)O[SiH2]CCCC(N)(CN)CCC[SiH2]OC(C)C. The summed E-state index contributed by atoms with van der Waals surface area (Å²) in [6.07, 6.45) is 5.14. The second-order valence-electron chi connectivity index (χ2n) is 6.32. The predicted molar refractivity (Wildman–Crippen MR) is 93.6 cm³/mol. The lowest BCUT2D eigenvalue weighted by Crippen LogP contribution is -2.47. The fraction of sp³-hybridized carbons (Fsp3) is 1.00. The van der Waals surface area contributed by atoms with E-state index in [9.17, 15) is 0 Å². The smallest absolute Gasteiger partial charge is 0.161 e. The van der Waals surface area contributed by atoms with Crippen LogP contribution in [-0.4, -0.2) is 43.8 Å². The highest BCUT2D eigenvalue weighted by Gasteiger charge is 2.21. The van der Waals surface area contributed by atoms with Gasteiger partial charge in [0.1, 0.15) is 0 Å². The third kappa shape index (κ3) is 12.0. The molecular formula is C14H36N2O2Si2. The Morgan fingerprint density at radius 1 is 0.900 bits per heavy atom. The van der Waals surface area contributed by atoms with Crippen molar-refractivity contribution in [2.75, 3.05) is 6.54 Å². The molecule has 0 saturated carbocycles. The lowest BCUT2D eigenvalue weighted by Gasteiger charge is -2.28. The fourth-order valence-corrected chi connectivity index (χ4v) is 4.31. The van der Waals surface area contributed by atoms with Gasteiger partial charge in [-0.3, -0.25) is 0 Å². The molecule has 4 N–H and O–H groups in total. The van der Waals surface area contributed by atoms with Crippen LogP contribution in [0.1, 0.15) is 53.4 Å². The molecule has 0 unspecified atom stereocenters. The average Bonchev–Trinajstić information content (AvgIpc) is 2.37. The molecule has 0 aromatic carbocycles. The van der Waals surface area contributed by atoms with Crippen LogP contribution in [0, 0.1) is 0 Å². The van der Waals surface area contributed by atoms with Crippen LogP contribution >= 0.6 is 0 Å². The van der Waals surface area contributed by atoms with Gasteiger partial charge in [-0.2, -0.15) is 0 Å². The number of hydrogen-bond acceptors (Lipinski definition) is 4. The van der Waals surface area contributed by atoms with Gasteiger partial charge in [-0.1, -0.05) is 12.8 Å². The van der Waals surface area contributed by atoms with Crippen molar-refractivity contribution in [2.24, 2.45) is 11.5 Å². The van der Waals surface area contributed by atoms with Crippen molar-refractivity contribution in [3.05, 3.63) is 0 Å². The van der Waals surface area contributed by atoms with E-state index in [1.807, 2.05) is 0 Å². The van der Waals surface area contributed by atoms with Gasteiger partial charge in [0.2, 0.25) is 0 Å². The minimum Gasteiger partial charge on any atom is -0.422 e.